The van der Waals surface area contributed by atoms with Gasteiger partial charge in [0.1, 0.15) is 11.2 Å². The van der Waals surface area contributed by atoms with Crippen LogP contribution in [0.25, 0.3) is 111 Å². The van der Waals surface area contributed by atoms with Gasteiger partial charge in [-0.15, -0.1) is 0 Å². The Kier molecular flexibility index (Phi) is 7.78. The molecule has 0 amide bonds. The number of furan rings is 1. The molecule has 0 fully saturated rings. The van der Waals surface area contributed by atoms with Gasteiger partial charge in [0.15, 0.2) is 17.5 Å². The van der Waals surface area contributed by atoms with Crippen molar-refractivity contribution in [3.63, 3.8) is 0 Å². The lowest BCUT2D eigenvalue weighted by Gasteiger charge is -2.19. The molecule has 11 rings (SSSR count). The summed E-state index contributed by atoms with van der Waals surface area (Å²) in [5.41, 5.74) is 11.1. The summed E-state index contributed by atoms with van der Waals surface area (Å²) in [5, 5.41) is 6.80. The molecule has 4 heteroatoms. The second-order valence-electron chi connectivity index (χ2n) is 14.3. The minimum Gasteiger partial charge on any atom is -0.455 e. The van der Waals surface area contributed by atoms with Gasteiger partial charge in [-0.05, 0) is 67.1 Å². The molecule has 2 heterocycles. The number of hydrogen-bond acceptors (Lipinski definition) is 4. The summed E-state index contributed by atoms with van der Waals surface area (Å²) < 4.78 is 6.53. The number of aromatic nitrogens is 3. The zero-order valence-corrected chi connectivity index (χ0v) is 30.8. The first-order valence-corrected chi connectivity index (χ1v) is 19.2. The highest BCUT2D eigenvalue weighted by molar-refractivity contribution is 6.22. The molecule has 0 aliphatic heterocycles. The van der Waals surface area contributed by atoms with Crippen molar-refractivity contribution in [3.05, 3.63) is 200 Å². The number of nitrogens with zero attached hydrogens (tertiary/aromatic N) is 3. The zero-order chi connectivity index (χ0) is 37.7. The van der Waals surface area contributed by atoms with E-state index in [2.05, 4.69) is 170 Å². The van der Waals surface area contributed by atoms with Gasteiger partial charge in [0, 0.05) is 21.9 Å². The fourth-order valence-electron chi connectivity index (χ4n) is 8.34. The molecule has 9 aromatic carbocycles. The molecule has 0 unspecified atom stereocenters. The third kappa shape index (κ3) is 5.58. The van der Waals surface area contributed by atoms with Gasteiger partial charge in [0.05, 0.1) is 5.56 Å². The van der Waals surface area contributed by atoms with Crippen LogP contribution in [0.4, 0.5) is 0 Å². The highest BCUT2D eigenvalue weighted by Crippen LogP contribution is 2.46. The molecule has 0 aliphatic rings. The van der Waals surface area contributed by atoms with Crippen molar-refractivity contribution in [2.45, 2.75) is 0 Å². The third-order valence-corrected chi connectivity index (χ3v) is 11.0. The minimum atomic E-state index is 0.552. The van der Waals surface area contributed by atoms with E-state index in [1.54, 1.807) is 0 Å². The van der Waals surface area contributed by atoms with Crippen LogP contribution in [0.5, 0.6) is 0 Å². The maximum absolute atomic E-state index is 6.53. The summed E-state index contributed by atoms with van der Waals surface area (Å²) in [6, 6.07) is 69.9. The number of para-hydroxylation sites is 2. The van der Waals surface area contributed by atoms with E-state index in [1.165, 1.54) is 32.7 Å². The van der Waals surface area contributed by atoms with Gasteiger partial charge in [0.25, 0.3) is 0 Å². The topological polar surface area (TPSA) is 51.8 Å². The normalized spacial score (nSPS) is 11.5. The molecular formula is C53H33N3O. The van der Waals surface area contributed by atoms with Crippen LogP contribution in [0.2, 0.25) is 0 Å². The van der Waals surface area contributed by atoms with Crippen molar-refractivity contribution in [2.24, 2.45) is 0 Å². The van der Waals surface area contributed by atoms with Crippen molar-refractivity contribution < 1.29 is 4.42 Å². The fourth-order valence-corrected chi connectivity index (χ4v) is 8.34. The smallest absolute Gasteiger partial charge is 0.167 e. The van der Waals surface area contributed by atoms with E-state index in [-0.39, 0.29) is 0 Å². The van der Waals surface area contributed by atoms with Gasteiger partial charge in [-0.3, -0.25) is 0 Å². The third-order valence-electron chi connectivity index (χ3n) is 11.0. The lowest BCUT2D eigenvalue weighted by Crippen LogP contribution is -2.01. The maximum atomic E-state index is 6.53. The molecule has 0 radical (unpaired) electrons. The first-order valence-electron chi connectivity index (χ1n) is 19.2. The molecule has 0 spiro atoms. The lowest BCUT2D eigenvalue weighted by molar-refractivity contribution is 0.669. The van der Waals surface area contributed by atoms with Crippen LogP contribution in [0.15, 0.2) is 205 Å². The highest BCUT2D eigenvalue weighted by Gasteiger charge is 2.22. The Morgan fingerprint density at radius 2 is 0.702 bits per heavy atom. The Hall–Kier alpha value is -7.69. The molecule has 0 aliphatic carbocycles. The van der Waals surface area contributed by atoms with Crippen LogP contribution in [-0.4, -0.2) is 15.0 Å². The monoisotopic (exact) mass is 727 g/mol. The molecule has 2 aromatic heterocycles. The van der Waals surface area contributed by atoms with Gasteiger partial charge in [-0.2, -0.15) is 0 Å². The van der Waals surface area contributed by atoms with Crippen molar-refractivity contribution >= 4 is 43.5 Å². The molecule has 266 valence electrons. The Morgan fingerprint density at radius 1 is 0.263 bits per heavy atom. The van der Waals surface area contributed by atoms with Gasteiger partial charge < -0.3 is 4.42 Å². The van der Waals surface area contributed by atoms with Crippen molar-refractivity contribution in [1.82, 2.24) is 15.0 Å². The molecular weight excluding hydrogens is 695 g/mol. The predicted octanol–water partition coefficient (Wildman–Crippen LogP) is 14.1. The quantitative estimate of drug-likeness (QED) is 0.160. The zero-order valence-electron chi connectivity index (χ0n) is 30.8. The minimum absolute atomic E-state index is 0.552. The van der Waals surface area contributed by atoms with Crippen LogP contribution in [0, 0.1) is 0 Å². The standard InChI is InChI=1S/C53H33N3O/c1-3-16-34(17-4-1)35-30-32-37(33-31-35)51-54-52(56-53(55-51)46-28-15-27-44-38-20-13-14-29-47(38)57-50(44)46)45-26-12-11-25-43(45)49-41-23-9-7-21-39(41)48(36-18-5-2-6-19-36)40-22-8-10-24-42(40)49/h1-33H. The van der Waals surface area contributed by atoms with E-state index < -0.39 is 0 Å². The second kappa shape index (κ2) is 13.6. The van der Waals surface area contributed by atoms with Crippen LogP contribution < -0.4 is 0 Å². The van der Waals surface area contributed by atoms with Crippen molar-refractivity contribution in [2.75, 3.05) is 0 Å². The second-order valence-corrected chi connectivity index (χ2v) is 14.3. The maximum Gasteiger partial charge on any atom is 0.167 e. The van der Waals surface area contributed by atoms with E-state index in [1.807, 2.05) is 30.3 Å². The summed E-state index contributed by atoms with van der Waals surface area (Å²) in [7, 11) is 0. The van der Waals surface area contributed by atoms with Crippen LogP contribution >= 0.6 is 0 Å². The van der Waals surface area contributed by atoms with E-state index in [0.717, 1.165) is 60.9 Å². The Labute approximate surface area is 329 Å². The average molecular weight is 728 g/mol. The van der Waals surface area contributed by atoms with Crippen LogP contribution in [0.3, 0.4) is 0 Å². The molecule has 0 atom stereocenters. The van der Waals surface area contributed by atoms with Gasteiger partial charge in [0.2, 0.25) is 0 Å². The van der Waals surface area contributed by atoms with Crippen LogP contribution in [-0.2, 0) is 0 Å². The summed E-state index contributed by atoms with van der Waals surface area (Å²) in [4.78, 5) is 15.8. The molecule has 0 N–H and O–H groups in total. The molecule has 0 saturated carbocycles. The van der Waals surface area contributed by atoms with Crippen LogP contribution in [0.1, 0.15) is 0 Å². The average Bonchev–Trinajstić information content (AvgIpc) is 3.68. The van der Waals surface area contributed by atoms with E-state index in [0.29, 0.717) is 17.5 Å². The van der Waals surface area contributed by atoms with Gasteiger partial charge in [-0.25, -0.2) is 15.0 Å². The summed E-state index contributed by atoms with van der Waals surface area (Å²) in [6.45, 7) is 0. The van der Waals surface area contributed by atoms with Crippen molar-refractivity contribution in [1.29, 1.82) is 0 Å². The molecule has 4 nitrogen and oxygen atoms in total. The lowest BCUT2D eigenvalue weighted by atomic mass is 9.84. The Balaban J connectivity index is 1.17. The molecule has 11 aromatic rings. The number of hydrogen-bond donors (Lipinski definition) is 0. The number of benzene rings is 9. The number of fused-ring (bicyclic) bond motifs is 5. The van der Waals surface area contributed by atoms with E-state index in [9.17, 15) is 0 Å². The van der Waals surface area contributed by atoms with Crippen molar-refractivity contribution in [3.8, 4) is 67.5 Å². The number of rotatable bonds is 6. The molecule has 57 heavy (non-hydrogen) atoms. The summed E-state index contributed by atoms with van der Waals surface area (Å²) in [5.74, 6) is 1.73. The summed E-state index contributed by atoms with van der Waals surface area (Å²) in [6.07, 6.45) is 0. The Morgan fingerprint density at radius 3 is 1.37 bits per heavy atom. The SMILES string of the molecule is c1ccc(-c2ccc(-c3nc(-c4ccccc4-c4c5ccccc5c(-c5ccccc5)c5ccccc45)nc(-c4cccc5c4oc4ccccc45)n3)cc2)cc1. The molecule has 0 bridgehead atoms. The largest absolute Gasteiger partial charge is 0.455 e. The first kappa shape index (κ1) is 32.7. The van der Waals surface area contributed by atoms with Gasteiger partial charge >= 0.3 is 0 Å². The van der Waals surface area contributed by atoms with Gasteiger partial charge in [-0.1, -0.05) is 188 Å². The first-order chi connectivity index (χ1) is 28.3. The fraction of sp³-hybridized carbons (Fsp3) is 0. The van der Waals surface area contributed by atoms with E-state index in [4.69, 9.17) is 19.4 Å². The highest BCUT2D eigenvalue weighted by atomic mass is 16.3. The Bertz CT molecular complexity index is 3220. The molecule has 0 saturated heterocycles. The summed E-state index contributed by atoms with van der Waals surface area (Å²) >= 11 is 0. The van der Waals surface area contributed by atoms with E-state index >= 15 is 0 Å². The predicted molar refractivity (Wildman–Crippen MR) is 235 cm³/mol.